The van der Waals surface area contributed by atoms with Gasteiger partial charge in [0.15, 0.2) is 5.65 Å². The van der Waals surface area contributed by atoms with Crippen LogP contribution in [0.1, 0.15) is 12.5 Å². The number of aryl methyl sites for hydroxylation is 1. The number of nitrogens with zero attached hydrogens (tertiary/aromatic N) is 6. The van der Waals surface area contributed by atoms with Gasteiger partial charge in [-0.25, -0.2) is 4.52 Å². The van der Waals surface area contributed by atoms with Crippen molar-refractivity contribution in [2.24, 2.45) is 7.05 Å². The largest absolute Gasteiger partial charge is 0.320 e. The van der Waals surface area contributed by atoms with Crippen LogP contribution in [-0.4, -0.2) is 59.2 Å². The molecule has 1 fully saturated rings. The Labute approximate surface area is 184 Å². The summed E-state index contributed by atoms with van der Waals surface area (Å²) in [5.74, 6) is 3.17. The Balaban J connectivity index is 1.34. The average molecular weight is 434 g/mol. The number of fused-ring (bicyclic) bond motifs is 1. The fourth-order valence-electron chi connectivity index (χ4n) is 3.93. The molecule has 3 aromatic heterocycles. The Morgan fingerprint density at radius 1 is 1.10 bits per heavy atom. The third-order valence-electron chi connectivity index (χ3n) is 5.65. The quantitative estimate of drug-likeness (QED) is 0.485. The first-order chi connectivity index (χ1) is 15.2. The molecule has 8 heteroatoms. The van der Waals surface area contributed by atoms with Gasteiger partial charge in [0.1, 0.15) is 0 Å². The molecule has 31 heavy (non-hydrogen) atoms. The number of hydrogen-bond donors (Lipinski definition) is 1. The Kier molecular flexibility index (Phi) is 5.57. The Bertz CT molecular complexity index is 1210. The number of hydrogen-bond acceptors (Lipinski definition) is 5. The number of nitrogens with one attached hydrogen (secondary N) is 1. The molecule has 1 aliphatic rings. The van der Waals surface area contributed by atoms with E-state index >= 15 is 0 Å². The minimum absolute atomic E-state index is 0.525. The third-order valence-corrected chi connectivity index (χ3v) is 7.73. The van der Waals surface area contributed by atoms with Gasteiger partial charge in [0, 0.05) is 49.9 Å². The number of pyridine rings is 1. The van der Waals surface area contributed by atoms with Crippen LogP contribution >= 0.6 is 10.5 Å². The molecule has 0 atom stereocenters. The SMILES string of the molecule is CC=S1CCN(Cc2ccc(-c3cccc4nc(Nc5cnn(C)c5)nn34)cc2)CC1. The van der Waals surface area contributed by atoms with E-state index in [4.69, 9.17) is 0 Å². The van der Waals surface area contributed by atoms with E-state index in [1.165, 1.54) is 30.2 Å². The summed E-state index contributed by atoms with van der Waals surface area (Å²) in [6, 6.07) is 14.9. The van der Waals surface area contributed by atoms with E-state index < -0.39 is 0 Å². The first kappa shape index (κ1) is 20.0. The summed E-state index contributed by atoms with van der Waals surface area (Å²) in [6.07, 6.45) is 3.66. The highest BCUT2D eigenvalue weighted by Crippen LogP contribution is 2.24. The van der Waals surface area contributed by atoms with Crippen molar-refractivity contribution >= 4 is 33.1 Å². The number of anilines is 2. The molecule has 0 spiro atoms. The molecule has 7 nitrogen and oxygen atoms in total. The van der Waals surface area contributed by atoms with Crippen molar-refractivity contribution in [2.75, 3.05) is 29.9 Å². The molecule has 160 valence electrons. The molecular weight excluding hydrogens is 406 g/mol. The van der Waals surface area contributed by atoms with Crippen LogP contribution in [0.3, 0.4) is 0 Å². The fraction of sp³-hybridized carbons (Fsp3) is 0.304. The summed E-state index contributed by atoms with van der Waals surface area (Å²) in [7, 11) is 2.41. The number of rotatable bonds is 5. The Morgan fingerprint density at radius 3 is 2.61 bits per heavy atom. The maximum Gasteiger partial charge on any atom is 0.247 e. The van der Waals surface area contributed by atoms with Crippen molar-refractivity contribution in [3.63, 3.8) is 0 Å². The molecule has 0 radical (unpaired) electrons. The number of benzene rings is 1. The fourth-order valence-corrected chi connectivity index (χ4v) is 5.59. The molecule has 1 aromatic carbocycles. The van der Waals surface area contributed by atoms with Gasteiger partial charge in [-0.05, 0) is 24.6 Å². The van der Waals surface area contributed by atoms with E-state index in [0.29, 0.717) is 16.4 Å². The van der Waals surface area contributed by atoms with E-state index in [1.54, 1.807) is 10.9 Å². The van der Waals surface area contributed by atoms with Crippen molar-refractivity contribution in [1.82, 2.24) is 29.3 Å². The van der Waals surface area contributed by atoms with Gasteiger partial charge in [-0.1, -0.05) is 35.7 Å². The van der Waals surface area contributed by atoms with Gasteiger partial charge in [0.05, 0.1) is 17.6 Å². The molecule has 1 aliphatic heterocycles. The molecule has 0 aliphatic carbocycles. The Morgan fingerprint density at radius 2 is 1.90 bits per heavy atom. The van der Waals surface area contributed by atoms with Gasteiger partial charge in [-0.3, -0.25) is 9.58 Å². The Hall–Kier alpha value is -2.97. The lowest BCUT2D eigenvalue weighted by Gasteiger charge is -2.28. The van der Waals surface area contributed by atoms with Crippen LogP contribution in [0.25, 0.3) is 16.9 Å². The second kappa shape index (κ2) is 8.64. The van der Waals surface area contributed by atoms with Crippen LogP contribution in [0.2, 0.25) is 0 Å². The zero-order valence-corrected chi connectivity index (χ0v) is 18.7. The predicted molar refractivity (Wildman–Crippen MR) is 129 cm³/mol. The monoisotopic (exact) mass is 433 g/mol. The van der Waals surface area contributed by atoms with E-state index in [-0.39, 0.29) is 0 Å². The highest BCUT2D eigenvalue weighted by molar-refractivity contribution is 8.15. The molecule has 0 amide bonds. The van der Waals surface area contributed by atoms with Crippen molar-refractivity contribution < 1.29 is 0 Å². The standard InChI is InChI=1S/C23H27N7S/c1-3-31-13-11-29(12-14-31)16-18-7-9-19(10-8-18)21-5-4-6-22-26-23(27-30(21)22)25-20-15-24-28(2)17-20/h3-10,15,17H,11-14,16H2,1-2H3,(H,25,27). The van der Waals surface area contributed by atoms with Crippen molar-refractivity contribution in [3.8, 4) is 11.3 Å². The van der Waals surface area contributed by atoms with Crippen molar-refractivity contribution in [2.45, 2.75) is 13.5 Å². The lowest BCUT2D eigenvalue weighted by molar-refractivity contribution is 0.294. The van der Waals surface area contributed by atoms with Crippen molar-refractivity contribution in [1.29, 1.82) is 0 Å². The van der Waals surface area contributed by atoms with Crippen LogP contribution in [0.4, 0.5) is 11.6 Å². The molecule has 4 heterocycles. The molecule has 0 bridgehead atoms. The normalized spacial score (nSPS) is 15.4. The van der Waals surface area contributed by atoms with Crippen LogP contribution in [0, 0.1) is 0 Å². The molecule has 1 saturated heterocycles. The smallest absolute Gasteiger partial charge is 0.247 e. The highest BCUT2D eigenvalue weighted by Gasteiger charge is 2.14. The lowest BCUT2D eigenvalue weighted by Crippen LogP contribution is -2.33. The topological polar surface area (TPSA) is 63.3 Å². The highest BCUT2D eigenvalue weighted by atomic mass is 32.2. The van der Waals surface area contributed by atoms with Gasteiger partial charge < -0.3 is 5.32 Å². The molecule has 0 saturated carbocycles. The first-order valence-corrected chi connectivity index (χ1v) is 12.2. The minimum Gasteiger partial charge on any atom is -0.320 e. The van der Waals surface area contributed by atoms with Gasteiger partial charge in [0.25, 0.3) is 0 Å². The van der Waals surface area contributed by atoms with E-state index in [2.05, 4.69) is 68.0 Å². The molecule has 1 N–H and O–H groups in total. The summed E-state index contributed by atoms with van der Waals surface area (Å²) in [4.78, 5) is 7.17. The van der Waals surface area contributed by atoms with Gasteiger partial charge in [0.2, 0.25) is 5.95 Å². The lowest BCUT2D eigenvalue weighted by atomic mass is 10.1. The third kappa shape index (κ3) is 4.40. The summed E-state index contributed by atoms with van der Waals surface area (Å²) in [5.41, 5.74) is 5.19. The number of aromatic nitrogens is 5. The zero-order chi connectivity index (χ0) is 21.2. The van der Waals surface area contributed by atoms with Crippen LogP contribution in [0.15, 0.2) is 54.9 Å². The molecule has 5 rings (SSSR count). The molecule has 0 unspecified atom stereocenters. The van der Waals surface area contributed by atoms with Crippen LogP contribution in [-0.2, 0) is 13.6 Å². The second-order valence-electron chi connectivity index (χ2n) is 7.80. The summed E-state index contributed by atoms with van der Waals surface area (Å²) in [6.45, 7) is 5.61. The van der Waals surface area contributed by atoms with E-state index in [9.17, 15) is 0 Å². The van der Waals surface area contributed by atoms with Crippen LogP contribution in [0.5, 0.6) is 0 Å². The van der Waals surface area contributed by atoms with Crippen LogP contribution < -0.4 is 5.32 Å². The summed E-state index contributed by atoms with van der Waals surface area (Å²) in [5, 5.41) is 14.5. The average Bonchev–Trinajstić information content (AvgIpc) is 3.40. The zero-order valence-electron chi connectivity index (χ0n) is 17.9. The predicted octanol–water partition coefficient (Wildman–Crippen LogP) is 3.78. The second-order valence-corrected chi connectivity index (χ2v) is 10.2. The van der Waals surface area contributed by atoms with Crippen molar-refractivity contribution in [3.05, 3.63) is 60.4 Å². The summed E-state index contributed by atoms with van der Waals surface area (Å²) >= 11 is 0. The summed E-state index contributed by atoms with van der Waals surface area (Å²) < 4.78 is 3.64. The molecule has 4 aromatic rings. The molecular formula is C23H27N7S. The minimum atomic E-state index is 0.525. The maximum absolute atomic E-state index is 4.67. The maximum atomic E-state index is 4.67. The first-order valence-electron chi connectivity index (χ1n) is 10.6. The van der Waals surface area contributed by atoms with Gasteiger partial charge >= 0.3 is 0 Å². The van der Waals surface area contributed by atoms with E-state index in [1.807, 2.05) is 29.9 Å². The van der Waals surface area contributed by atoms with E-state index in [0.717, 1.165) is 29.1 Å². The van der Waals surface area contributed by atoms with Gasteiger partial charge in [-0.15, -0.1) is 5.10 Å². The van der Waals surface area contributed by atoms with Gasteiger partial charge in [-0.2, -0.15) is 20.6 Å².